The highest BCUT2D eigenvalue weighted by Gasteiger charge is 2.22. The second-order valence-corrected chi connectivity index (χ2v) is 7.57. The topological polar surface area (TPSA) is 64.4 Å². The van der Waals surface area contributed by atoms with Gasteiger partial charge in [0.2, 0.25) is 5.89 Å². The molecular formula is C24H24N2O3. The van der Waals surface area contributed by atoms with Crippen LogP contribution in [0.4, 0.5) is 0 Å². The summed E-state index contributed by atoms with van der Waals surface area (Å²) in [6.07, 6.45) is 0.731. The second-order valence-electron chi connectivity index (χ2n) is 7.57. The average Bonchev–Trinajstić information content (AvgIpc) is 3.15. The number of carbonyl (C=O) groups excluding carboxylic acids is 1. The van der Waals surface area contributed by atoms with E-state index in [1.165, 1.54) is 0 Å². The van der Waals surface area contributed by atoms with E-state index in [2.05, 4.69) is 24.1 Å². The number of fused-ring (bicyclic) bond motifs is 2. The van der Waals surface area contributed by atoms with Gasteiger partial charge >= 0.3 is 0 Å². The fourth-order valence-corrected chi connectivity index (χ4v) is 3.37. The highest BCUT2D eigenvalue weighted by atomic mass is 16.5. The van der Waals surface area contributed by atoms with Gasteiger partial charge in [-0.3, -0.25) is 4.79 Å². The number of oxazole rings is 1. The van der Waals surface area contributed by atoms with Crippen LogP contribution in [0, 0.1) is 5.92 Å². The smallest absolute Gasteiger partial charge is 0.258 e. The molecule has 3 aromatic carbocycles. The molecule has 0 aliphatic heterocycles. The summed E-state index contributed by atoms with van der Waals surface area (Å²) in [7, 11) is 0. The van der Waals surface area contributed by atoms with E-state index >= 15 is 0 Å². The minimum Gasteiger partial charge on any atom is -0.484 e. The van der Waals surface area contributed by atoms with Crippen molar-refractivity contribution in [1.29, 1.82) is 0 Å². The first kappa shape index (κ1) is 19.0. The third-order valence-corrected chi connectivity index (χ3v) is 4.74. The quantitative estimate of drug-likeness (QED) is 0.469. The standard InChI is InChI=1S/C24H24N2O3/c1-16(2)13-21(24-26-20-9-5-6-10-22(20)29-24)25-23(27)15-28-19-12-11-17-7-3-4-8-18(17)14-19/h3-12,14,16,21H,13,15H2,1-2H3,(H,25,27)/t21-/m1/s1. The fourth-order valence-electron chi connectivity index (χ4n) is 3.37. The van der Waals surface area contributed by atoms with E-state index in [0.717, 1.165) is 28.3 Å². The largest absolute Gasteiger partial charge is 0.484 e. The van der Waals surface area contributed by atoms with Crippen LogP contribution in [0.5, 0.6) is 5.75 Å². The Morgan fingerprint density at radius 3 is 2.59 bits per heavy atom. The molecule has 0 aliphatic rings. The highest BCUT2D eigenvalue weighted by Crippen LogP contribution is 2.25. The van der Waals surface area contributed by atoms with Crippen LogP contribution in [0.15, 0.2) is 71.1 Å². The molecular weight excluding hydrogens is 364 g/mol. The van der Waals surface area contributed by atoms with Crippen LogP contribution in [0.1, 0.15) is 32.2 Å². The van der Waals surface area contributed by atoms with Crippen molar-refractivity contribution in [2.45, 2.75) is 26.3 Å². The lowest BCUT2D eigenvalue weighted by Crippen LogP contribution is -2.33. The normalized spacial score (nSPS) is 12.4. The maximum Gasteiger partial charge on any atom is 0.258 e. The van der Waals surface area contributed by atoms with Gasteiger partial charge in [0, 0.05) is 0 Å². The Bertz CT molecular complexity index is 1100. The molecule has 5 heteroatoms. The molecule has 0 fully saturated rings. The van der Waals surface area contributed by atoms with Gasteiger partial charge in [0.05, 0.1) is 0 Å². The van der Waals surface area contributed by atoms with Gasteiger partial charge in [-0.2, -0.15) is 0 Å². The summed E-state index contributed by atoms with van der Waals surface area (Å²) in [6.45, 7) is 4.15. The number of para-hydroxylation sites is 2. The molecule has 4 aromatic rings. The van der Waals surface area contributed by atoms with Crippen molar-refractivity contribution in [1.82, 2.24) is 10.3 Å². The molecule has 5 nitrogen and oxygen atoms in total. The zero-order valence-electron chi connectivity index (χ0n) is 16.6. The van der Waals surface area contributed by atoms with E-state index in [4.69, 9.17) is 9.15 Å². The Morgan fingerprint density at radius 2 is 1.79 bits per heavy atom. The molecule has 148 valence electrons. The molecule has 0 unspecified atom stereocenters. The van der Waals surface area contributed by atoms with Gasteiger partial charge < -0.3 is 14.5 Å². The molecule has 1 atom stereocenters. The van der Waals surface area contributed by atoms with Gasteiger partial charge in [-0.1, -0.05) is 56.3 Å². The van der Waals surface area contributed by atoms with Gasteiger partial charge in [-0.25, -0.2) is 4.98 Å². The molecule has 0 aliphatic carbocycles. The monoisotopic (exact) mass is 388 g/mol. The Labute approximate surface area is 169 Å². The summed E-state index contributed by atoms with van der Waals surface area (Å²) in [4.78, 5) is 17.1. The van der Waals surface area contributed by atoms with E-state index in [1.807, 2.05) is 66.7 Å². The van der Waals surface area contributed by atoms with Gasteiger partial charge in [0.1, 0.15) is 17.3 Å². The Morgan fingerprint density at radius 1 is 1.03 bits per heavy atom. The van der Waals surface area contributed by atoms with E-state index in [1.54, 1.807) is 0 Å². The Balaban J connectivity index is 1.44. The van der Waals surface area contributed by atoms with Crippen LogP contribution in [-0.4, -0.2) is 17.5 Å². The van der Waals surface area contributed by atoms with Crippen LogP contribution < -0.4 is 10.1 Å². The number of nitrogens with one attached hydrogen (secondary N) is 1. The molecule has 1 N–H and O–H groups in total. The van der Waals surface area contributed by atoms with Crippen molar-refractivity contribution in [2.75, 3.05) is 6.61 Å². The van der Waals surface area contributed by atoms with E-state index in [0.29, 0.717) is 17.6 Å². The molecule has 0 bridgehead atoms. The van der Waals surface area contributed by atoms with Crippen LogP contribution in [0.2, 0.25) is 0 Å². The number of amides is 1. The number of ether oxygens (including phenoxy) is 1. The zero-order valence-corrected chi connectivity index (χ0v) is 16.6. The number of aromatic nitrogens is 1. The first-order valence-electron chi connectivity index (χ1n) is 9.85. The second kappa shape index (κ2) is 8.35. The van der Waals surface area contributed by atoms with E-state index in [9.17, 15) is 4.79 Å². The predicted octanol–water partition coefficient (Wildman–Crippen LogP) is 5.26. The van der Waals surface area contributed by atoms with Gasteiger partial charge in [0.15, 0.2) is 12.2 Å². The van der Waals surface area contributed by atoms with Crippen molar-refractivity contribution < 1.29 is 13.9 Å². The van der Waals surface area contributed by atoms with Crippen molar-refractivity contribution in [3.63, 3.8) is 0 Å². The summed E-state index contributed by atoms with van der Waals surface area (Å²) < 4.78 is 11.6. The summed E-state index contributed by atoms with van der Waals surface area (Å²) >= 11 is 0. The summed E-state index contributed by atoms with van der Waals surface area (Å²) in [6, 6.07) is 21.2. The number of benzene rings is 3. The maximum atomic E-state index is 12.6. The predicted molar refractivity (Wildman–Crippen MR) is 114 cm³/mol. The van der Waals surface area contributed by atoms with Crippen molar-refractivity contribution in [2.24, 2.45) is 5.92 Å². The molecule has 0 radical (unpaired) electrons. The van der Waals surface area contributed by atoms with E-state index in [-0.39, 0.29) is 18.6 Å². The number of hydrogen-bond donors (Lipinski definition) is 1. The maximum absolute atomic E-state index is 12.6. The number of carbonyl (C=O) groups is 1. The Kier molecular flexibility index (Phi) is 5.47. The van der Waals surface area contributed by atoms with Crippen LogP contribution in [-0.2, 0) is 4.79 Å². The molecule has 1 amide bonds. The lowest BCUT2D eigenvalue weighted by molar-refractivity contribution is -0.124. The molecule has 4 rings (SSSR count). The first-order valence-corrected chi connectivity index (χ1v) is 9.85. The van der Waals surface area contributed by atoms with E-state index < -0.39 is 0 Å². The minimum atomic E-state index is -0.296. The third kappa shape index (κ3) is 4.57. The van der Waals surface area contributed by atoms with Gasteiger partial charge in [-0.15, -0.1) is 0 Å². The summed E-state index contributed by atoms with van der Waals surface area (Å²) in [5.74, 6) is 1.36. The SMILES string of the molecule is CC(C)C[C@@H](NC(=O)COc1ccc2ccccc2c1)c1nc2ccccc2o1. The molecule has 1 aromatic heterocycles. The van der Waals surface area contributed by atoms with Crippen molar-refractivity contribution >= 4 is 27.8 Å². The number of rotatable bonds is 7. The van der Waals surface area contributed by atoms with Crippen LogP contribution in [0.25, 0.3) is 21.9 Å². The summed E-state index contributed by atoms with van der Waals surface area (Å²) in [5.41, 5.74) is 1.51. The summed E-state index contributed by atoms with van der Waals surface area (Å²) in [5, 5.41) is 5.23. The zero-order chi connectivity index (χ0) is 20.2. The van der Waals surface area contributed by atoms with Crippen molar-refractivity contribution in [3.05, 3.63) is 72.6 Å². The first-order chi connectivity index (χ1) is 14.1. The average molecular weight is 388 g/mol. The van der Waals surface area contributed by atoms with Crippen molar-refractivity contribution in [3.8, 4) is 5.75 Å². The molecule has 0 spiro atoms. The Hall–Kier alpha value is -3.34. The number of nitrogens with zero attached hydrogens (tertiary/aromatic N) is 1. The third-order valence-electron chi connectivity index (χ3n) is 4.74. The lowest BCUT2D eigenvalue weighted by Gasteiger charge is -2.18. The molecule has 0 saturated heterocycles. The molecule has 1 heterocycles. The van der Waals surface area contributed by atoms with Gasteiger partial charge in [-0.05, 0) is 47.4 Å². The molecule has 0 saturated carbocycles. The van der Waals surface area contributed by atoms with Crippen LogP contribution in [0.3, 0.4) is 0 Å². The van der Waals surface area contributed by atoms with Gasteiger partial charge in [0.25, 0.3) is 5.91 Å². The highest BCUT2D eigenvalue weighted by molar-refractivity contribution is 5.84. The van der Waals surface area contributed by atoms with Crippen LogP contribution >= 0.6 is 0 Å². The fraction of sp³-hybridized carbons (Fsp3) is 0.250. The minimum absolute atomic E-state index is 0.0623. The molecule has 29 heavy (non-hydrogen) atoms. The lowest BCUT2D eigenvalue weighted by atomic mass is 10.0. The number of hydrogen-bond acceptors (Lipinski definition) is 4.